The highest BCUT2D eigenvalue weighted by Crippen LogP contribution is 2.30. The quantitative estimate of drug-likeness (QED) is 0.316. The molecule has 2 aromatic heterocycles. The number of amides is 3. The first-order valence-electron chi connectivity index (χ1n) is 12.2. The third kappa shape index (κ3) is 6.51. The number of pyridine rings is 1. The summed E-state index contributed by atoms with van der Waals surface area (Å²) in [6, 6.07) is 16.6. The first kappa shape index (κ1) is 26.7. The number of nitrogens with zero attached hydrogens (tertiary/aromatic N) is 3. The minimum absolute atomic E-state index is 0.0344. The van der Waals surface area contributed by atoms with Gasteiger partial charge in [0.1, 0.15) is 23.4 Å². The fraction of sp³-hybridized carbons (Fsp3) is 0.250. The molecule has 9 nitrogen and oxygen atoms in total. The van der Waals surface area contributed by atoms with E-state index in [1.165, 1.54) is 23.3 Å². The van der Waals surface area contributed by atoms with Crippen molar-refractivity contribution in [3.8, 4) is 10.6 Å². The van der Waals surface area contributed by atoms with Crippen molar-refractivity contribution >= 4 is 40.0 Å². The predicted octanol–water partition coefficient (Wildman–Crippen LogP) is 4.80. The summed E-state index contributed by atoms with van der Waals surface area (Å²) in [5, 5.41) is 4.47. The van der Waals surface area contributed by atoms with Crippen LogP contribution in [0.5, 0.6) is 0 Å². The van der Waals surface area contributed by atoms with Crippen molar-refractivity contribution in [2.24, 2.45) is 5.92 Å². The van der Waals surface area contributed by atoms with Crippen molar-refractivity contribution in [3.05, 3.63) is 83.6 Å². The average Bonchev–Trinajstić information content (AvgIpc) is 3.43. The second kappa shape index (κ2) is 12.3. The van der Waals surface area contributed by atoms with E-state index < -0.39 is 23.9 Å². The highest BCUT2D eigenvalue weighted by molar-refractivity contribution is 7.13. The molecule has 3 amide bonds. The first-order valence-corrected chi connectivity index (χ1v) is 13.0. The Morgan fingerprint density at radius 3 is 2.58 bits per heavy atom. The minimum Gasteiger partial charge on any atom is -0.444 e. The van der Waals surface area contributed by atoms with Crippen LogP contribution in [0.2, 0.25) is 0 Å². The number of benzene rings is 2. The summed E-state index contributed by atoms with van der Waals surface area (Å²) in [7, 11) is 1.50. The lowest BCUT2D eigenvalue weighted by Crippen LogP contribution is -2.53. The number of aromatic nitrogens is 2. The van der Waals surface area contributed by atoms with E-state index in [0.29, 0.717) is 11.4 Å². The Balaban J connectivity index is 1.39. The summed E-state index contributed by atoms with van der Waals surface area (Å²) in [4.78, 5) is 48.1. The van der Waals surface area contributed by atoms with Crippen molar-refractivity contribution in [1.29, 1.82) is 0 Å². The molecule has 4 rings (SSSR count). The van der Waals surface area contributed by atoms with Crippen LogP contribution in [0.15, 0.2) is 72.4 Å². The van der Waals surface area contributed by atoms with Crippen LogP contribution >= 0.6 is 11.3 Å². The van der Waals surface area contributed by atoms with Crippen LogP contribution in [0.3, 0.4) is 0 Å². The Bertz CT molecular complexity index is 1420. The Hall–Kier alpha value is -4.31. The zero-order valence-corrected chi connectivity index (χ0v) is 22.2. The van der Waals surface area contributed by atoms with E-state index in [-0.39, 0.29) is 18.2 Å². The largest absolute Gasteiger partial charge is 0.444 e. The number of hydrazine groups is 1. The molecule has 0 fully saturated rings. The minimum atomic E-state index is -0.849. The third-order valence-electron chi connectivity index (χ3n) is 5.89. The molecular formula is C28H29N5O4S. The highest BCUT2D eigenvalue weighted by atomic mass is 32.1. The third-order valence-corrected chi connectivity index (χ3v) is 6.77. The Morgan fingerprint density at radius 1 is 1.03 bits per heavy atom. The number of likely N-dealkylation sites (N-methyl/N-ethyl adjacent to an activating group) is 1. The zero-order valence-electron chi connectivity index (χ0n) is 21.4. The summed E-state index contributed by atoms with van der Waals surface area (Å²) in [5.74, 6) is -0.972. The van der Waals surface area contributed by atoms with Gasteiger partial charge in [0.25, 0.3) is 11.8 Å². The highest BCUT2D eigenvalue weighted by Gasteiger charge is 2.29. The van der Waals surface area contributed by atoms with Crippen LogP contribution in [-0.4, -0.2) is 45.9 Å². The zero-order chi connectivity index (χ0) is 27.1. The summed E-state index contributed by atoms with van der Waals surface area (Å²) in [6.07, 6.45) is 2.96. The lowest BCUT2D eigenvalue weighted by molar-refractivity contribution is -0.127. The maximum absolute atomic E-state index is 13.0. The van der Waals surface area contributed by atoms with Gasteiger partial charge in [0, 0.05) is 35.9 Å². The monoisotopic (exact) mass is 531 g/mol. The van der Waals surface area contributed by atoms with Crippen LogP contribution in [-0.2, 0) is 16.1 Å². The SMILES string of the molecule is CC(C)C[C@@H](C(=O)NNC(=O)c1csc(-c2cccc3ccccc23)n1)N(C)C(=O)OCc1cccnc1. The van der Waals surface area contributed by atoms with Crippen molar-refractivity contribution in [2.75, 3.05) is 7.05 Å². The van der Waals surface area contributed by atoms with Crippen molar-refractivity contribution in [3.63, 3.8) is 0 Å². The van der Waals surface area contributed by atoms with Crippen molar-refractivity contribution in [1.82, 2.24) is 25.7 Å². The van der Waals surface area contributed by atoms with E-state index in [0.717, 1.165) is 21.9 Å². The summed E-state index contributed by atoms with van der Waals surface area (Å²) in [6.45, 7) is 3.92. The number of nitrogens with one attached hydrogen (secondary N) is 2. The maximum atomic E-state index is 13.0. The molecule has 0 saturated heterocycles. The van der Waals surface area contributed by atoms with Gasteiger partial charge in [0.15, 0.2) is 0 Å². The number of carbonyl (C=O) groups is 3. The lowest BCUT2D eigenvalue weighted by atomic mass is 10.0. The van der Waals surface area contributed by atoms with Gasteiger partial charge in [-0.05, 0) is 29.2 Å². The molecule has 10 heteroatoms. The standard InChI is InChI=1S/C28H29N5O4S/c1-18(2)14-24(33(3)28(36)37-16-19-8-7-13-29-15-19)26(35)32-31-25(34)23-17-38-27(30-23)22-12-6-10-20-9-4-5-11-21(20)22/h4-13,15,17-18,24H,14,16H2,1-3H3,(H,31,34)(H,32,35)/t24-/m0/s1. The summed E-state index contributed by atoms with van der Waals surface area (Å²) < 4.78 is 5.34. The number of carbonyl (C=O) groups excluding carboxylic acids is 3. The Morgan fingerprint density at radius 2 is 1.82 bits per heavy atom. The molecule has 0 bridgehead atoms. The molecular weight excluding hydrogens is 502 g/mol. The topological polar surface area (TPSA) is 114 Å². The van der Waals surface area contributed by atoms with Crippen LogP contribution < -0.4 is 10.9 Å². The molecule has 0 aliphatic heterocycles. The van der Waals surface area contributed by atoms with Gasteiger partial charge in [-0.25, -0.2) is 9.78 Å². The number of fused-ring (bicyclic) bond motifs is 1. The molecule has 2 aromatic carbocycles. The molecule has 0 spiro atoms. The van der Waals surface area contributed by atoms with E-state index in [2.05, 4.69) is 20.8 Å². The van der Waals surface area contributed by atoms with E-state index in [9.17, 15) is 14.4 Å². The first-order chi connectivity index (χ1) is 18.3. The van der Waals surface area contributed by atoms with Gasteiger partial charge in [-0.15, -0.1) is 11.3 Å². The number of thiazole rings is 1. The van der Waals surface area contributed by atoms with Crippen LogP contribution in [0.25, 0.3) is 21.3 Å². The maximum Gasteiger partial charge on any atom is 0.410 e. The number of ether oxygens (including phenoxy) is 1. The second-order valence-corrected chi connectivity index (χ2v) is 10.0. The van der Waals surface area contributed by atoms with E-state index in [1.54, 1.807) is 29.9 Å². The van der Waals surface area contributed by atoms with Gasteiger partial charge in [-0.2, -0.15) is 0 Å². The fourth-order valence-corrected chi connectivity index (χ4v) is 4.76. The van der Waals surface area contributed by atoms with Gasteiger partial charge in [-0.3, -0.25) is 30.3 Å². The van der Waals surface area contributed by atoms with Crippen LogP contribution in [0.1, 0.15) is 36.3 Å². The summed E-state index contributed by atoms with van der Waals surface area (Å²) >= 11 is 1.35. The predicted molar refractivity (Wildman–Crippen MR) is 146 cm³/mol. The molecule has 0 aliphatic carbocycles. The summed E-state index contributed by atoms with van der Waals surface area (Å²) in [5.41, 5.74) is 6.71. The molecule has 2 N–H and O–H groups in total. The Kier molecular flexibility index (Phi) is 8.65. The van der Waals surface area contributed by atoms with E-state index >= 15 is 0 Å². The van der Waals surface area contributed by atoms with Gasteiger partial charge < -0.3 is 4.74 Å². The normalized spacial score (nSPS) is 11.7. The van der Waals surface area contributed by atoms with Gasteiger partial charge in [-0.1, -0.05) is 62.4 Å². The average molecular weight is 532 g/mol. The lowest BCUT2D eigenvalue weighted by Gasteiger charge is -2.27. The Labute approximate surface area is 224 Å². The smallest absolute Gasteiger partial charge is 0.410 e. The molecule has 0 unspecified atom stereocenters. The van der Waals surface area contributed by atoms with Gasteiger partial charge in [0.05, 0.1) is 0 Å². The molecule has 38 heavy (non-hydrogen) atoms. The molecule has 196 valence electrons. The van der Waals surface area contributed by atoms with Crippen LogP contribution in [0.4, 0.5) is 4.79 Å². The van der Waals surface area contributed by atoms with Gasteiger partial charge >= 0.3 is 6.09 Å². The molecule has 0 radical (unpaired) electrons. The van der Waals surface area contributed by atoms with Gasteiger partial charge in [0.2, 0.25) is 0 Å². The van der Waals surface area contributed by atoms with E-state index in [1.807, 2.05) is 56.3 Å². The van der Waals surface area contributed by atoms with Crippen LogP contribution in [0, 0.1) is 5.92 Å². The molecule has 4 aromatic rings. The second-order valence-electron chi connectivity index (χ2n) is 9.18. The van der Waals surface area contributed by atoms with E-state index in [4.69, 9.17) is 4.74 Å². The molecule has 1 atom stereocenters. The molecule has 0 saturated carbocycles. The number of hydrogen-bond acceptors (Lipinski definition) is 7. The van der Waals surface area contributed by atoms with Crippen molar-refractivity contribution in [2.45, 2.75) is 32.9 Å². The van der Waals surface area contributed by atoms with Crippen molar-refractivity contribution < 1.29 is 19.1 Å². The fourth-order valence-electron chi connectivity index (χ4n) is 3.92. The molecule has 0 aliphatic rings. The molecule has 2 heterocycles. The number of hydrogen-bond donors (Lipinski definition) is 2. The number of rotatable bonds is 8.